The number of ether oxygens (including phenoxy) is 1. The molecular formula is C14H20FNO. The highest BCUT2D eigenvalue weighted by molar-refractivity contribution is 5.44. The Kier molecular flexibility index (Phi) is 4.00. The molecule has 1 aliphatic rings. The molecule has 1 aromatic rings. The van der Waals surface area contributed by atoms with Gasteiger partial charge < -0.3 is 10.1 Å². The van der Waals surface area contributed by atoms with E-state index in [9.17, 15) is 4.39 Å². The molecule has 17 heavy (non-hydrogen) atoms. The van der Waals surface area contributed by atoms with Gasteiger partial charge in [-0.2, -0.15) is 0 Å². The third kappa shape index (κ3) is 2.60. The second-order valence-electron chi connectivity index (χ2n) is 4.61. The van der Waals surface area contributed by atoms with E-state index in [-0.39, 0.29) is 0 Å². The molecule has 3 heteroatoms. The molecule has 0 saturated carbocycles. The monoisotopic (exact) mass is 237 g/mol. The van der Waals surface area contributed by atoms with Crippen molar-refractivity contribution in [3.05, 3.63) is 29.3 Å². The normalized spacial score (nSPS) is 19.0. The first-order valence-corrected chi connectivity index (χ1v) is 6.25. The Labute approximate surface area is 102 Å². The number of hydrogen-bond acceptors (Lipinski definition) is 2. The molecule has 1 aliphatic heterocycles. The number of hydrogen-bond donors (Lipinski definition) is 1. The van der Waals surface area contributed by atoms with E-state index in [2.05, 4.69) is 11.4 Å². The summed E-state index contributed by atoms with van der Waals surface area (Å²) in [4.78, 5) is 0. The van der Waals surface area contributed by atoms with Crippen LogP contribution in [0.3, 0.4) is 0 Å². The molecule has 2 rings (SSSR count). The maximum absolute atomic E-state index is 13.5. The van der Waals surface area contributed by atoms with Crippen molar-refractivity contribution in [3.8, 4) is 5.75 Å². The second kappa shape index (κ2) is 5.50. The minimum absolute atomic E-state index is 0.491. The zero-order valence-electron chi connectivity index (χ0n) is 10.5. The van der Waals surface area contributed by atoms with Crippen LogP contribution in [0.5, 0.6) is 5.75 Å². The molecule has 0 radical (unpaired) electrons. The molecule has 0 aliphatic carbocycles. The van der Waals surface area contributed by atoms with Crippen molar-refractivity contribution in [1.82, 2.24) is 5.32 Å². The molecule has 1 saturated heterocycles. The maximum Gasteiger partial charge on any atom is 0.128 e. The number of piperidine rings is 1. The number of benzene rings is 1. The Hall–Kier alpha value is -1.09. The van der Waals surface area contributed by atoms with E-state index in [0.717, 1.165) is 37.2 Å². The van der Waals surface area contributed by atoms with E-state index >= 15 is 0 Å². The Balaban J connectivity index is 2.35. The van der Waals surface area contributed by atoms with Crippen LogP contribution in [0, 0.1) is 0 Å². The summed E-state index contributed by atoms with van der Waals surface area (Å²) in [5, 5.41) is 3.34. The fraction of sp³-hybridized carbons (Fsp3) is 0.571. The molecule has 0 bridgehead atoms. The molecule has 1 heterocycles. The van der Waals surface area contributed by atoms with Crippen molar-refractivity contribution < 1.29 is 9.13 Å². The number of alkyl halides is 1. The van der Waals surface area contributed by atoms with Crippen molar-refractivity contribution in [2.75, 3.05) is 20.2 Å². The van der Waals surface area contributed by atoms with Gasteiger partial charge in [-0.1, -0.05) is 18.2 Å². The van der Waals surface area contributed by atoms with Gasteiger partial charge in [-0.15, -0.1) is 0 Å². The molecule has 1 aromatic carbocycles. The summed E-state index contributed by atoms with van der Waals surface area (Å²) in [5.74, 6) is 1.24. The predicted molar refractivity (Wildman–Crippen MR) is 67.4 cm³/mol. The van der Waals surface area contributed by atoms with Gasteiger partial charge >= 0.3 is 0 Å². The average molecular weight is 237 g/mol. The maximum atomic E-state index is 13.5. The predicted octanol–water partition coefficient (Wildman–Crippen LogP) is 3.19. The first-order valence-electron chi connectivity index (χ1n) is 6.25. The number of rotatable bonds is 3. The van der Waals surface area contributed by atoms with Gasteiger partial charge in [-0.05, 0) is 44.3 Å². The summed E-state index contributed by atoms with van der Waals surface area (Å²) in [6.07, 6.45) is 1.22. The van der Waals surface area contributed by atoms with Crippen LogP contribution in [0.25, 0.3) is 0 Å². The highest BCUT2D eigenvalue weighted by Gasteiger charge is 2.22. The Morgan fingerprint density at radius 2 is 2.06 bits per heavy atom. The summed E-state index contributed by atoms with van der Waals surface area (Å²) < 4.78 is 19.0. The average Bonchev–Trinajstić information content (AvgIpc) is 2.38. The van der Waals surface area contributed by atoms with E-state index in [4.69, 9.17) is 4.74 Å². The molecule has 0 amide bonds. The molecule has 94 valence electrons. The highest BCUT2D eigenvalue weighted by Crippen LogP contribution is 2.38. The lowest BCUT2D eigenvalue weighted by molar-refractivity contribution is 0.339. The van der Waals surface area contributed by atoms with E-state index in [0.29, 0.717) is 11.5 Å². The van der Waals surface area contributed by atoms with Crippen LogP contribution in [-0.2, 0) is 0 Å². The highest BCUT2D eigenvalue weighted by atomic mass is 19.1. The smallest absolute Gasteiger partial charge is 0.128 e. The van der Waals surface area contributed by atoms with Crippen molar-refractivity contribution in [1.29, 1.82) is 0 Å². The lowest BCUT2D eigenvalue weighted by Gasteiger charge is -2.25. The molecule has 2 nitrogen and oxygen atoms in total. The standard InChI is InChI=1S/C14H20FNO/c1-10(15)12-4-3-5-13(14(12)17-2)11-6-8-16-9-7-11/h3-5,10-11,16H,6-9H2,1-2H3. The Morgan fingerprint density at radius 1 is 1.35 bits per heavy atom. The molecule has 0 aromatic heterocycles. The molecular weight excluding hydrogens is 217 g/mol. The lowest BCUT2D eigenvalue weighted by atomic mass is 9.88. The molecule has 1 fully saturated rings. The van der Waals surface area contributed by atoms with Gasteiger partial charge in [-0.3, -0.25) is 0 Å². The fourth-order valence-corrected chi connectivity index (χ4v) is 2.58. The topological polar surface area (TPSA) is 21.3 Å². The van der Waals surface area contributed by atoms with E-state index in [1.54, 1.807) is 14.0 Å². The SMILES string of the molecule is COc1c(C(C)F)cccc1C1CCNCC1. The minimum Gasteiger partial charge on any atom is -0.496 e. The molecule has 1 atom stereocenters. The van der Waals surface area contributed by atoms with Crippen molar-refractivity contribution in [3.63, 3.8) is 0 Å². The van der Waals surface area contributed by atoms with Crippen molar-refractivity contribution in [2.24, 2.45) is 0 Å². The third-order valence-electron chi connectivity index (χ3n) is 3.49. The van der Waals surface area contributed by atoms with Crippen molar-refractivity contribution >= 4 is 0 Å². The summed E-state index contributed by atoms with van der Waals surface area (Å²) >= 11 is 0. The first kappa shape index (κ1) is 12.4. The summed E-state index contributed by atoms with van der Waals surface area (Å²) in [6.45, 7) is 3.62. The van der Waals surface area contributed by atoms with Gasteiger partial charge in [-0.25, -0.2) is 4.39 Å². The largest absolute Gasteiger partial charge is 0.496 e. The van der Waals surface area contributed by atoms with Crippen LogP contribution in [0.15, 0.2) is 18.2 Å². The zero-order valence-corrected chi connectivity index (χ0v) is 10.5. The number of para-hydroxylation sites is 1. The van der Waals surface area contributed by atoms with E-state index in [1.807, 2.05) is 12.1 Å². The lowest BCUT2D eigenvalue weighted by Crippen LogP contribution is -2.26. The van der Waals surface area contributed by atoms with Crippen LogP contribution in [0.1, 0.15) is 43.0 Å². The zero-order chi connectivity index (χ0) is 12.3. The van der Waals surface area contributed by atoms with Gasteiger partial charge in [0.05, 0.1) is 7.11 Å². The summed E-state index contributed by atoms with van der Waals surface area (Å²) in [6, 6.07) is 5.82. The first-order chi connectivity index (χ1) is 8.24. The van der Waals surface area contributed by atoms with Gasteiger partial charge in [0, 0.05) is 5.56 Å². The van der Waals surface area contributed by atoms with Crippen LogP contribution >= 0.6 is 0 Å². The van der Waals surface area contributed by atoms with Crippen LogP contribution < -0.4 is 10.1 Å². The van der Waals surface area contributed by atoms with Gasteiger partial charge in [0.1, 0.15) is 11.9 Å². The van der Waals surface area contributed by atoms with E-state index in [1.165, 1.54) is 0 Å². The summed E-state index contributed by atoms with van der Waals surface area (Å²) in [7, 11) is 1.63. The third-order valence-corrected chi connectivity index (χ3v) is 3.49. The quantitative estimate of drug-likeness (QED) is 0.871. The van der Waals surface area contributed by atoms with E-state index < -0.39 is 6.17 Å². The Morgan fingerprint density at radius 3 is 2.65 bits per heavy atom. The van der Waals surface area contributed by atoms with Gasteiger partial charge in [0.25, 0.3) is 0 Å². The number of nitrogens with one attached hydrogen (secondary N) is 1. The summed E-state index contributed by atoms with van der Waals surface area (Å²) in [5.41, 5.74) is 1.83. The van der Waals surface area contributed by atoms with Gasteiger partial charge in [0.15, 0.2) is 0 Å². The second-order valence-corrected chi connectivity index (χ2v) is 4.61. The van der Waals surface area contributed by atoms with Crippen molar-refractivity contribution in [2.45, 2.75) is 31.9 Å². The molecule has 1 unspecified atom stereocenters. The van der Waals surface area contributed by atoms with Gasteiger partial charge in [0.2, 0.25) is 0 Å². The number of methoxy groups -OCH3 is 1. The number of halogens is 1. The van der Waals surface area contributed by atoms with Crippen LogP contribution in [0.4, 0.5) is 4.39 Å². The Bertz CT molecular complexity index is 372. The molecule has 0 spiro atoms. The minimum atomic E-state index is -0.980. The van der Waals surface area contributed by atoms with Crippen LogP contribution in [0.2, 0.25) is 0 Å². The fourth-order valence-electron chi connectivity index (χ4n) is 2.58. The van der Waals surface area contributed by atoms with Crippen LogP contribution in [-0.4, -0.2) is 20.2 Å². The molecule has 1 N–H and O–H groups in total.